The second-order valence-electron chi connectivity index (χ2n) is 13.0. The molecule has 242 valence electrons. The highest BCUT2D eigenvalue weighted by Crippen LogP contribution is 2.43. The van der Waals surface area contributed by atoms with Crippen molar-refractivity contribution < 1.29 is 9.18 Å². The van der Waals surface area contributed by atoms with Crippen LogP contribution in [0.4, 0.5) is 10.1 Å². The van der Waals surface area contributed by atoms with Gasteiger partial charge in [0.1, 0.15) is 11.5 Å². The molecule has 4 aromatic rings. The van der Waals surface area contributed by atoms with E-state index in [0.29, 0.717) is 44.0 Å². The van der Waals surface area contributed by atoms with Crippen LogP contribution < -0.4 is 5.32 Å². The number of likely N-dealkylation sites (tertiary alicyclic amines) is 1. The zero-order valence-electron chi connectivity index (χ0n) is 26.5. The molecule has 47 heavy (non-hydrogen) atoms. The molecule has 1 saturated carbocycles. The number of likely N-dealkylation sites (N-methyl/N-ethyl adjacent to an activating group) is 1. The number of carbonyl (C=O) groups excluding carboxylic acids is 1. The fourth-order valence-electron chi connectivity index (χ4n) is 6.70. The molecule has 1 aliphatic carbocycles. The molecule has 1 saturated heterocycles. The average Bonchev–Trinajstić information content (AvgIpc) is 3.93. The molecule has 0 spiro atoms. The van der Waals surface area contributed by atoms with E-state index in [1.807, 2.05) is 42.6 Å². The first-order chi connectivity index (χ1) is 22.8. The summed E-state index contributed by atoms with van der Waals surface area (Å²) < 4.78 is 15.5. The molecule has 2 fully saturated rings. The lowest BCUT2D eigenvalue weighted by atomic mass is 10.00. The van der Waals surface area contributed by atoms with Crippen molar-refractivity contribution in [2.45, 2.75) is 57.5 Å². The Bertz CT molecular complexity index is 1850. The summed E-state index contributed by atoms with van der Waals surface area (Å²) in [5, 5.41) is 3.67. The Labute approximate surface area is 285 Å². The molecule has 2 aromatic heterocycles. The Balaban J connectivity index is 1.11. The molecule has 7 rings (SSSR count). The van der Waals surface area contributed by atoms with E-state index in [9.17, 15) is 4.79 Å². The number of rotatable bonds is 8. The number of halogens is 3. The van der Waals surface area contributed by atoms with E-state index in [-0.39, 0.29) is 11.6 Å². The fraction of sp³-hybridized carbons (Fsp3) is 0.342. The SMILES string of the molecule is CN1CCc2cc(/C(F)=C/c3cccc(-c4cccc(NC(=O)c5cc(C6CC6)c(CN6CCCCC6)cn5)c4Cl)c3Cl)ncc2C1. The van der Waals surface area contributed by atoms with Crippen LogP contribution in [-0.2, 0) is 19.5 Å². The van der Waals surface area contributed by atoms with Crippen LogP contribution in [0.5, 0.6) is 0 Å². The number of hydrogen-bond acceptors (Lipinski definition) is 5. The van der Waals surface area contributed by atoms with Crippen molar-refractivity contribution in [3.05, 3.63) is 110 Å². The van der Waals surface area contributed by atoms with E-state index in [1.54, 1.807) is 18.3 Å². The molecule has 0 unspecified atom stereocenters. The van der Waals surface area contributed by atoms with Crippen molar-refractivity contribution in [1.82, 2.24) is 19.8 Å². The van der Waals surface area contributed by atoms with E-state index in [0.717, 1.165) is 63.1 Å². The molecule has 0 atom stereocenters. The van der Waals surface area contributed by atoms with Crippen molar-refractivity contribution in [3.8, 4) is 11.1 Å². The zero-order valence-corrected chi connectivity index (χ0v) is 28.0. The molecule has 0 radical (unpaired) electrons. The largest absolute Gasteiger partial charge is 0.319 e. The number of aromatic nitrogens is 2. The average molecular weight is 671 g/mol. The molecule has 1 N–H and O–H groups in total. The predicted octanol–water partition coefficient (Wildman–Crippen LogP) is 9.02. The maximum Gasteiger partial charge on any atom is 0.274 e. The minimum absolute atomic E-state index is 0.287. The van der Waals surface area contributed by atoms with Gasteiger partial charge < -0.3 is 10.2 Å². The van der Waals surface area contributed by atoms with Crippen molar-refractivity contribution in [2.24, 2.45) is 0 Å². The highest BCUT2D eigenvalue weighted by Gasteiger charge is 2.28. The summed E-state index contributed by atoms with van der Waals surface area (Å²) >= 11 is 13.8. The molecule has 2 aromatic carbocycles. The summed E-state index contributed by atoms with van der Waals surface area (Å²) in [5.41, 5.74) is 7.59. The van der Waals surface area contributed by atoms with Crippen LogP contribution in [0.2, 0.25) is 10.0 Å². The lowest BCUT2D eigenvalue weighted by molar-refractivity contribution is 0.102. The Morgan fingerprint density at radius 2 is 1.68 bits per heavy atom. The van der Waals surface area contributed by atoms with Crippen LogP contribution in [0, 0.1) is 0 Å². The lowest BCUT2D eigenvalue weighted by Crippen LogP contribution is -2.29. The highest BCUT2D eigenvalue weighted by molar-refractivity contribution is 6.39. The second-order valence-corrected chi connectivity index (χ2v) is 13.8. The molecule has 1 amide bonds. The Kier molecular flexibility index (Phi) is 9.42. The molecule has 3 aliphatic rings. The third-order valence-electron chi connectivity index (χ3n) is 9.49. The summed E-state index contributed by atoms with van der Waals surface area (Å²) in [6.07, 6.45) is 12.0. The molecule has 9 heteroatoms. The van der Waals surface area contributed by atoms with Gasteiger partial charge in [0, 0.05) is 43.2 Å². The van der Waals surface area contributed by atoms with E-state index >= 15 is 4.39 Å². The van der Waals surface area contributed by atoms with Gasteiger partial charge in [0.05, 0.1) is 21.4 Å². The molecular weight excluding hydrogens is 632 g/mol. The number of amides is 1. The fourth-order valence-corrected chi connectivity index (χ4v) is 7.26. The van der Waals surface area contributed by atoms with Crippen molar-refractivity contribution >= 4 is 46.7 Å². The van der Waals surface area contributed by atoms with Gasteiger partial charge in [0.15, 0.2) is 0 Å². The molecular formula is C38H38Cl2FN5O. The van der Waals surface area contributed by atoms with Crippen molar-refractivity contribution in [2.75, 3.05) is 32.0 Å². The van der Waals surface area contributed by atoms with Gasteiger partial charge >= 0.3 is 0 Å². The van der Waals surface area contributed by atoms with E-state index in [4.69, 9.17) is 23.2 Å². The van der Waals surface area contributed by atoms with Gasteiger partial charge in [-0.1, -0.05) is 60.0 Å². The number of nitrogens with zero attached hydrogens (tertiary/aromatic N) is 4. The van der Waals surface area contributed by atoms with Crippen molar-refractivity contribution in [1.29, 1.82) is 0 Å². The van der Waals surface area contributed by atoms with Gasteiger partial charge in [-0.25, -0.2) is 4.39 Å². The minimum atomic E-state index is -0.460. The zero-order chi connectivity index (χ0) is 32.5. The predicted molar refractivity (Wildman–Crippen MR) is 188 cm³/mol. The van der Waals surface area contributed by atoms with Gasteiger partial charge in [0.25, 0.3) is 5.91 Å². The second kappa shape index (κ2) is 13.9. The number of benzene rings is 2. The van der Waals surface area contributed by atoms with Gasteiger partial charge in [-0.2, -0.15) is 0 Å². The normalized spacial score (nSPS) is 17.4. The van der Waals surface area contributed by atoms with Crippen LogP contribution in [0.3, 0.4) is 0 Å². The number of carbonyl (C=O) groups is 1. The van der Waals surface area contributed by atoms with Crippen molar-refractivity contribution in [3.63, 3.8) is 0 Å². The first-order valence-corrected chi connectivity index (χ1v) is 17.2. The van der Waals surface area contributed by atoms with Gasteiger partial charge in [-0.05, 0) is 110 Å². The summed E-state index contributed by atoms with van der Waals surface area (Å²) in [5.74, 6) is -0.281. The molecule has 2 aliphatic heterocycles. The van der Waals surface area contributed by atoms with Gasteiger partial charge in [-0.15, -0.1) is 0 Å². The Morgan fingerprint density at radius 3 is 2.47 bits per heavy atom. The summed E-state index contributed by atoms with van der Waals surface area (Å²) in [6.45, 7) is 4.85. The first kappa shape index (κ1) is 32.0. The van der Waals surface area contributed by atoms with Crippen LogP contribution in [0.1, 0.15) is 82.0 Å². The monoisotopic (exact) mass is 669 g/mol. The van der Waals surface area contributed by atoms with Gasteiger partial charge in [-0.3, -0.25) is 19.7 Å². The summed E-state index contributed by atoms with van der Waals surface area (Å²) in [7, 11) is 2.07. The quantitative estimate of drug-likeness (QED) is 0.203. The molecule has 0 bridgehead atoms. The lowest BCUT2D eigenvalue weighted by Gasteiger charge is -2.27. The third-order valence-corrected chi connectivity index (χ3v) is 10.3. The number of fused-ring (bicyclic) bond motifs is 1. The Morgan fingerprint density at radius 1 is 0.936 bits per heavy atom. The third kappa shape index (κ3) is 7.14. The maximum absolute atomic E-state index is 15.5. The smallest absolute Gasteiger partial charge is 0.274 e. The van der Waals surface area contributed by atoms with E-state index in [2.05, 4.69) is 32.1 Å². The first-order valence-electron chi connectivity index (χ1n) is 16.5. The number of piperidine rings is 1. The van der Waals surface area contributed by atoms with Crippen LogP contribution in [-0.4, -0.2) is 52.4 Å². The molecule has 4 heterocycles. The summed E-state index contributed by atoms with van der Waals surface area (Å²) in [4.78, 5) is 27.1. The minimum Gasteiger partial charge on any atom is -0.319 e. The van der Waals surface area contributed by atoms with Crippen LogP contribution >= 0.6 is 23.2 Å². The van der Waals surface area contributed by atoms with E-state index in [1.165, 1.54) is 36.5 Å². The molecule has 6 nitrogen and oxygen atoms in total. The maximum atomic E-state index is 15.5. The topological polar surface area (TPSA) is 61.4 Å². The number of pyridine rings is 2. The standard InChI is InChI=1S/C38H38Cl2FN5O/c1-45-16-13-25-18-34(42-20-27(25)22-45)32(41)17-26-7-5-8-29(36(26)39)30-9-6-10-33(37(30)40)44-38(47)35-19-31(24-11-12-24)28(21-43-35)23-46-14-3-2-4-15-46/h5-10,17-21,24H,2-4,11-16,22-23H2,1H3,(H,44,47)/b32-17-. The van der Waals surface area contributed by atoms with E-state index < -0.39 is 5.83 Å². The van der Waals surface area contributed by atoms with Crippen LogP contribution in [0.25, 0.3) is 23.0 Å². The highest BCUT2D eigenvalue weighted by atomic mass is 35.5. The van der Waals surface area contributed by atoms with Gasteiger partial charge in [0.2, 0.25) is 0 Å². The Hall–Kier alpha value is -3.62. The number of nitrogens with one attached hydrogen (secondary N) is 1. The van der Waals surface area contributed by atoms with Crippen LogP contribution in [0.15, 0.2) is 60.9 Å². The number of hydrogen-bond donors (Lipinski definition) is 1. The number of anilines is 1. The summed E-state index contributed by atoms with van der Waals surface area (Å²) in [6, 6.07) is 14.6.